The number of hydrogen-bond acceptors (Lipinski definition) is 3. The molecule has 0 aromatic carbocycles. The fraction of sp³-hybridized carbons (Fsp3) is 0.500. The summed E-state index contributed by atoms with van der Waals surface area (Å²) in [6, 6.07) is 0. The van der Waals surface area contributed by atoms with Crippen molar-refractivity contribution in [3.8, 4) is 0 Å². The van der Waals surface area contributed by atoms with Crippen LogP contribution in [0.5, 0.6) is 0 Å². The maximum atomic E-state index is 4.22. The smallest absolute Gasteiger partial charge is 0.0981 e. The molecule has 2 nitrogen and oxygen atoms in total. The zero-order valence-corrected chi connectivity index (χ0v) is 7.04. The van der Waals surface area contributed by atoms with Gasteiger partial charge in [0.15, 0.2) is 0 Å². The van der Waals surface area contributed by atoms with Gasteiger partial charge in [0.25, 0.3) is 0 Å². The number of nitrogens with zero attached hydrogens (tertiary/aromatic N) is 1. The molecule has 2 rings (SSSR count). The lowest BCUT2D eigenvalue weighted by atomic mass is 10.1. The van der Waals surface area contributed by atoms with E-state index in [9.17, 15) is 0 Å². The molecule has 1 aliphatic rings. The van der Waals surface area contributed by atoms with E-state index in [0.717, 1.165) is 13.1 Å². The SMILES string of the molecule is Cl.c1csc(C2CNC2)n1. The predicted octanol–water partition coefficient (Wildman–Crippen LogP) is 1.25. The van der Waals surface area contributed by atoms with Crippen LogP contribution in [0.15, 0.2) is 11.6 Å². The van der Waals surface area contributed by atoms with Gasteiger partial charge in [-0.2, -0.15) is 0 Å². The largest absolute Gasteiger partial charge is 0.315 e. The van der Waals surface area contributed by atoms with Crippen molar-refractivity contribution in [2.75, 3.05) is 13.1 Å². The Balaban J connectivity index is 0.000000500. The minimum atomic E-state index is 0. The van der Waals surface area contributed by atoms with Gasteiger partial charge in [0.1, 0.15) is 0 Å². The Labute approximate surface area is 70.1 Å². The van der Waals surface area contributed by atoms with E-state index in [-0.39, 0.29) is 12.4 Å². The topological polar surface area (TPSA) is 24.9 Å². The Hall–Kier alpha value is -0.120. The average molecular weight is 177 g/mol. The molecule has 0 amide bonds. The third kappa shape index (κ3) is 1.31. The molecule has 1 fully saturated rings. The van der Waals surface area contributed by atoms with Crippen LogP contribution >= 0.6 is 23.7 Å². The monoisotopic (exact) mass is 176 g/mol. The second-order valence-electron chi connectivity index (χ2n) is 2.23. The molecule has 1 N–H and O–H groups in total. The summed E-state index contributed by atoms with van der Waals surface area (Å²) < 4.78 is 0. The van der Waals surface area contributed by atoms with Crippen LogP contribution in [-0.2, 0) is 0 Å². The quantitative estimate of drug-likeness (QED) is 0.697. The van der Waals surface area contributed by atoms with E-state index in [4.69, 9.17) is 0 Å². The lowest BCUT2D eigenvalue weighted by Crippen LogP contribution is -2.39. The first-order valence-electron chi connectivity index (χ1n) is 3.07. The maximum absolute atomic E-state index is 4.22. The standard InChI is InChI=1S/C6H8N2S.ClH/c1-2-9-6(8-1)5-3-7-4-5;/h1-2,5,7H,3-4H2;1H. The van der Waals surface area contributed by atoms with E-state index in [1.807, 2.05) is 11.6 Å². The van der Waals surface area contributed by atoms with E-state index in [1.165, 1.54) is 5.01 Å². The highest BCUT2D eigenvalue weighted by Crippen LogP contribution is 2.20. The van der Waals surface area contributed by atoms with Crippen molar-refractivity contribution in [1.29, 1.82) is 0 Å². The lowest BCUT2D eigenvalue weighted by Gasteiger charge is -2.24. The molecule has 1 aromatic heterocycles. The van der Waals surface area contributed by atoms with Crippen LogP contribution in [0.3, 0.4) is 0 Å². The molecule has 1 aromatic rings. The van der Waals surface area contributed by atoms with Crippen LogP contribution in [0.1, 0.15) is 10.9 Å². The van der Waals surface area contributed by atoms with Crippen LogP contribution in [0.2, 0.25) is 0 Å². The van der Waals surface area contributed by atoms with Crippen molar-refractivity contribution in [3.63, 3.8) is 0 Å². The number of aromatic nitrogens is 1. The second-order valence-corrected chi connectivity index (χ2v) is 3.15. The van der Waals surface area contributed by atoms with Gasteiger partial charge in [-0.15, -0.1) is 23.7 Å². The van der Waals surface area contributed by atoms with Crippen molar-refractivity contribution in [1.82, 2.24) is 10.3 Å². The van der Waals surface area contributed by atoms with E-state index in [0.29, 0.717) is 5.92 Å². The number of thiazole rings is 1. The highest BCUT2D eigenvalue weighted by molar-refractivity contribution is 7.09. The van der Waals surface area contributed by atoms with Gasteiger partial charge in [0.2, 0.25) is 0 Å². The number of nitrogens with one attached hydrogen (secondary N) is 1. The number of halogens is 1. The Morgan fingerprint density at radius 1 is 1.60 bits per heavy atom. The molecule has 1 saturated heterocycles. The summed E-state index contributed by atoms with van der Waals surface area (Å²) >= 11 is 1.76. The van der Waals surface area contributed by atoms with E-state index >= 15 is 0 Å². The molecule has 0 atom stereocenters. The molecule has 0 saturated carbocycles. The fourth-order valence-corrected chi connectivity index (χ4v) is 1.64. The van der Waals surface area contributed by atoms with E-state index < -0.39 is 0 Å². The molecule has 2 heterocycles. The third-order valence-electron chi connectivity index (χ3n) is 1.58. The Bertz CT molecular complexity index is 184. The molecule has 0 aliphatic carbocycles. The minimum absolute atomic E-state index is 0. The zero-order chi connectivity index (χ0) is 6.10. The summed E-state index contributed by atoms with van der Waals surface area (Å²) in [6.45, 7) is 2.24. The molecule has 1 aliphatic heterocycles. The average Bonchev–Trinajstić information content (AvgIpc) is 2.11. The molecule has 4 heteroatoms. The highest BCUT2D eigenvalue weighted by Gasteiger charge is 2.20. The Morgan fingerprint density at radius 3 is 2.80 bits per heavy atom. The summed E-state index contributed by atoms with van der Waals surface area (Å²) in [6.07, 6.45) is 1.87. The maximum Gasteiger partial charge on any atom is 0.0981 e. The van der Waals surface area contributed by atoms with Crippen LogP contribution in [0, 0.1) is 0 Å². The summed E-state index contributed by atoms with van der Waals surface area (Å²) in [5.41, 5.74) is 0. The molecular formula is C6H9ClN2S. The van der Waals surface area contributed by atoms with Crippen LogP contribution in [0.25, 0.3) is 0 Å². The van der Waals surface area contributed by atoms with Crippen LogP contribution < -0.4 is 5.32 Å². The summed E-state index contributed by atoms with van der Waals surface area (Å²) in [7, 11) is 0. The van der Waals surface area contributed by atoms with Crippen molar-refractivity contribution in [2.45, 2.75) is 5.92 Å². The van der Waals surface area contributed by atoms with Gasteiger partial charge in [0.05, 0.1) is 5.01 Å². The number of rotatable bonds is 1. The first-order valence-corrected chi connectivity index (χ1v) is 3.95. The third-order valence-corrected chi connectivity index (χ3v) is 2.52. The van der Waals surface area contributed by atoms with Crippen molar-refractivity contribution in [2.24, 2.45) is 0 Å². The van der Waals surface area contributed by atoms with Gasteiger partial charge < -0.3 is 5.32 Å². The van der Waals surface area contributed by atoms with Gasteiger partial charge in [-0.3, -0.25) is 0 Å². The second kappa shape index (κ2) is 3.32. The molecule has 0 bridgehead atoms. The lowest BCUT2D eigenvalue weighted by molar-refractivity contribution is 0.447. The molecule has 0 spiro atoms. The number of hydrogen-bond donors (Lipinski definition) is 1. The fourth-order valence-electron chi connectivity index (χ4n) is 0.899. The highest BCUT2D eigenvalue weighted by atomic mass is 35.5. The van der Waals surface area contributed by atoms with Crippen molar-refractivity contribution >= 4 is 23.7 Å². The normalized spacial score (nSPS) is 17.6. The summed E-state index contributed by atoms with van der Waals surface area (Å²) in [5.74, 6) is 0.713. The van der Waals surface area contributed by atoms with Gasteiger partial charge in [-0.1, -0.05) is 0 Å². The summed E-state index contributed by atoms with van der Waals surface area (Å²) in [5, 5.41) is 6.54. The van der Waals surface area contributed by atoms with Crippen molar-refractivity contribution in [3.05, 3.63) is 16.6 Å². The summed E-state index contributed by atoms with van der Waals surface area (Å²) in [4.78, 5) is 4.22. The molecular weight excluding hydrogens is 168 g/mol. The minimum Gasteiger partial charge on any atom is -0.315 e. The van der Waals surface area contributed by atoms with E-state index in [1.54, 1.807) is 11.3 Å². The molecule has 56 valence electrons. The van der Waals surface area contributed by atoms with Gasteiger partial charge >= 0.3 is 0 Å². The molecule has 0 unspecified atom stereocenters. The zero-order valence-electron chi connectivity index (χ0n) is 5.41. The van der Waals surface area contributed by atoms with Gasteiger partial charge in [0, 0.05) is 30.6 Å². The van der Waals surface area contributed by atoms with Gasteiger partial charge in [-0.05, 0) is 0 Å². The Morgan fingerprint density at radius 2 is 2.40 bits per heavy atom. The van der Waals surface area contributed by atoms with Crippen LogP contribution in [0.4, 0.5) is 0 Å². The Kier molecular flexibility index (Phi) is 2.65. The predicted molar refractivity (Wildman–Crippen MR) is 45.0 cm³/mol. The van der Waals surface area contributed by atoms with E-state index in [2.05, 4.69) is 10.3 Å². The van der Waals surface area contributed by atoms with Crippen molar-refractivity contribution < 1.29 is 0 Å². The van der Waals surface area contributed by atoms with Crippen LogP contribution in [-0.4, -0.2) is 18.1 Å². The first-order chi connectivity index (χ1) is 4.47. The van der Waals surface area contributed by atoms with Gasteiger partial charge in [-0.25, -0.2) is 4.98 Å². The molecule has 10 heavy (non-hydrogen) atoms. The molecule has 0 radical (unpaired) electrons. The first kappa shape index (κ1) is 7.98.